The number of piperazine rings is 1. The number of aliphatic hydroxyl groups excluding tert-OH is 1. The van der Waals surface area contributed by atoms with Gasteiger partial charge in [-0.15, -0.1) is 23.1 Å². The average molecular weight is 1560 g/mol. The number of alkyl halides is 5. The van der Waals surface area contributed by atoms with Gasteiger partial charge in [0.25, 0.3) is 25.8 Å². The predicted octanol–water partition coefficient (Wildman–Crippen LogP) is 12.3. The van der Waals surface area contributed by atoms with Crippen LogP contribution in [0.3, 0.4) is 0 Å². The molecule has 582 valence electrons. The minimum absolute atomic E-state index is 0.0543. The number of allylic oxidation sites excluding steroid dienone is 1. The van der Waals surface area contributed by atoms with Crippen molar-refractivity contribution in [2.75, 3.05) is 81.4 Å². The van der Waals surface area contributed by atoms with E-state index in [0.29, 0.717) is 96.7 Å². The molecule has 20 nitrogen and oxygen atoms in total. The lowest BCUT2D eigenvalue weighted by molar-refractivity contribution is -0.250. The molecule has 5 aromatic rings. The molecule has 6 fully saturated rings. The Hall–Kier alpha value is -7.02. The summed E-state index contributed by atoms with van der Waals surface area (Å²) in [7, 11) is -11.2. The molecule has 3 saturated heterocycles. The van der Waals surface area contributed by atoms with Gasteiger partial charge >= 0.3 is 5.51 Å². The number of amides is 5. The number of benzene rings is 4. The zero-order valence-electron chi connectivity index (χ0n) is 61.9. The quantitative estimate of drug-likeness (QED) is 0.0104. The molecule has 0 radical (unpaired) electrons. The molecule has 3 unspecified atom stereocenters. The minimum atomic E-state index is -6.20. The van der Waals surface area contributed by atoms with Crippen LogP contribution >= 0.6 is 23.1 Å². The summed E-state index contributed by atoms with van der Waals surface area (Å²) in [5.74, 6) is -2.53. The zero-order valence-corrected chi connectivity index (χ0v) is 65.2. The fraction of sp³-hybridized carbons (Fsp3) is 0.564. The highest BCUT2D eigenvalue weighted by atomic mass is 32.2. The van der Waals surface area contributed by atoms with Crippen molar-refractivity contribution in [3.63, 3.8) is 0 Å². The number of halogens is 5. The Morgan fingerprint density at radius 1 is 0.813 bits per heavy atom. The minimum Gasteiger partial charge on any atom is -0.391 e. The second-order valence-corrected chi connectivity index (χ2v) is 37.7. The second kappa shape index (κ2) is 33.3. The van der Waals surface area contributed by atoms with Crippen molar-refractivity contribution in [3.8, 4) is 10.4 Å². The third kappa shape index (κ3) is 19.2. The number of unbranched alkanes of at least 4 members (excludes halogenated alkanes) is 3. The first-order valence-electron chi connectivity index (χ1n) is 37.2. The molecule has 7 aliphatic rings. The molecular weight excluding hydrogens is 1460 g/mol. The summed E-state index contributed by atoms with van der Waals surface area (Å²) < 4.78 is 128. The lowest BCUT2D eigenvalue weighted by atomic mass is 9.32. The number of aliphatic hydroxyl groups is 1. The fourth-order valence-corrected chi connectivity index (χ4v) is 20.0. The van der Waals surface area contributed by atoms with Crippen LogP contribution in [0, 0.1) is 34.5 Å². The van der Waals surface area contributed by atoms with E-state index in [4.69, 9.17) is 0 Å². The third-order valence-corrected chi connectivity index (χ3v) is 27.4. The molecule has 3 aliphatic heterocycles. The highest BCUT2D eigenvalue weighted by molar-refractivity contribution is 7.99. The number of hydrogen-bond donors (Lipinski definition) is 6. The van der Waals surface area contributed by atoms with Gasteiger partial charge in [0.1, 0.15) is 17.0 Å². The first-order chi connectivity index (χ1) is 50.5. The molecular formula is C78H101F5N10O10S4. The normalized spacial score (nSPS) is 22.9. The van der Waals surface area contributed by atoms with Gasteiger partial charge < -0.3 is 41.1 Å². The average Bonchev–Trinajstić information content (AvgIpc) is 0.999. The summed E-state index contributed by atoms with van der Waals surface area (Å²) in [5.41, 5.74) is 0.303. The van der Waals surface area contributed by atoms with Gasteiger partial charge in [-0.25, -0.2) is 35.3 Å². The van der Waals surface area contributed by atoms with Crippen LogP contribution in [-0.4, -0.2) is 179 Å². The number of thiazole rings is 1. The van der Waals surface area contributed by atoms with Crippen LogP contribution in [0.15, 0.2) is 128 Å². The Bertz CT molecular complexity index is 4260. The highest BCUT2D eigenvalue weighted by Crippen LogP contribution is 2.79. The highest BCUT2D eigenvalue weighted by Gasteiger charge is 2.73. The number of anilines is 2. The standard InChI is InChI=1S/C78H101F5N10O10S4/c1-50(52-18-20-53(21-19-52)67-51(2)85-49-105-67)86-71(98)64-39-59(94)44-93(64)72(99)68(74(3,4)5)88-66(95)17-13-8-9-14-32-84-69(96)56-29-33-90(43-56)34-30-57(45-104-60-15-11-10-12-16-60)87-63-27-26-61(40-65(63)106(100,101)78(81,82)83)107(102,103)89-70(97)54-22-24-58(25-23-54)92-37-35-91(36-38-92)42-55-28-31-75(6,7)41-62(55)76-46-77(47-76,48-76)73(79)80/h10-12,15-16,18-27,40,49-50,56-57,59,64,68,73,87,94H,8-9,13-14,17,28-39,41-48H2,1-7H3,(H,84,96)(H,86,98)(H,88,95)(H,89,97)/t50-,56?,57?,59+,64-,68?,76?,77?/m0/s1. The van der Waals surface area contributed by atoms with Crippen molar-refractivity contribution in [2.24, 2.45) is 27.6 Å². The number of β-amino-alcohol motifs (C(OH)–C–C–N with tert-alkyl or cyclic N) is 1. The van der Waals surface area contributed by atoms with Gasteiger partial charge in [0.2, 0.25) is 30.1 Å². The van der Waals surface area contributed by atoms with Crippen LogP contribution in [0.1, 0.15) is 159 Å². The number of thioether (sulfide) groups is 1. The van der Waals surface area contributed by atoms with Gasteiger partial charge in [-0.05, 0) is 167 Å². The molecule has 6 atom stereocenters. The fourth-order valence-electron chi connectivity index (χ4n) is 16.2. The SMILES string of the molecule is Cc1ncsc1-c1ccc([C@H](C)NC(=O)[C@@H]2C[C@@H](O)CN2C(=O)C(NC(=O)CCCCCCNC(=O)C2CCN(CCC(CSc3ccccc3)Nc3ccc(S(=O)(=O)NC(=O)c4ccc(N5CCN(CC6=C(C78CC(C(F)F)(C7)C8)CC(C)(C)CC6)CC5)cc4)cc3S(=O)(=O)C(F)(F)F)C2)C(C)(C)C)cc1. The van der Waals surface area contributed by atoms with Crippen LogP contribution in [0.4, 0.5) is 33.3 Å². The lowest BCUT2D eigenvalue weighted by Gasteiger charge is -2.72. The number of carbonyl (C=O) groups excluding carboxylic acids is 5. The maximum Gasteiger partial charge on any atom is 0.501 e. The maximum atomic E-state index is 14.6. The molecule has 3 saturated carbocycles. The van der Waals surface area contributed by atoms with Gasteiger partial charge in [-0.1, -0.05) is 101 Å². The van der Waals surface area contributed by atoms with Gasteiger partial charge in [0.15, 0.2) is 0 Å². The van der Waals surface area contributed by atoms with E-state index in [2.05, 4.69) is 54.8 Å². The number of aromatic nitrogens is 1. The molecule has 5 amide bonds. The third-order valence-electron chi connectivity index (χ3n) is 22.4. The largest absolute Gasteiger partial charge is 0.501 e. The number of nitrogens with zero attached hydrogens (tertiary/aromatic N) is 5. The molecule has 4 heterocycles. The Labute approximate surface area is 633 Å². The zero-order chi connectivity index (χ0) is 77.0. The molecule has 1 aromatic heterocycles. The van der Waals surface area contributed by atoms with Crippen LogP contribution in [-0.2, 0) is 39.0 Å². The summed E-state index contributed by atoms with van der Waals surface area (Å²) in [6.45, 7) is 19.0. The van der Waals surface area contributed by atoms with Crippen LogP contribution < -0.4 is 30.9 Å². The number of hydrogen-bond acceptors (Lipinski definition) is 17. The van der Waals surface area contributed by atoms with E-state index in [1.165, 1.54) is 39.9 Å². The Kier molecular flexibility index (Phi) is 25.2. The number of carbonyl (C=O) groups is 5. The van der Waals surface area contributed by atoms with E-state index in [0.717, 1.165) is 83.3 Å². The molecule has 12 rings (SSSR count). The number of likely N-dealkylation sites (tertiary alicyclic amines) is 2. The first kappa shape index (κ1) is 81.0. The van der Waals surface area contributed by atoms with Crippen molar-refractivity contribution in [1.29, 1.82) is 0 Å². The van der Waals surface area contributed by atoms with Crippen LogP contribution in [0.5, 0.6) is 0 Å². The molecule has 107 heavy (non-hydrogen) atoms. The topological polar surface area (TPSA) is 260 Å². The molecule has 2 bridgehead atoms. The summed E-state index contributed by atoms with van der Waals surface area (Å²) in [4.78, 5) is 80.5. The second-order valence-electron chi connectivity index (χ2n) is 32.1. The van der Waals surface area contributed by atoms with Crippen molar-refractivity contribution < 1.29 is 67.9 Å². The van der Waals surface area contributed by atoms with E-state index < -0.39 is 106 Å². The van der Waals surface area contributed by atoms with Gasteiger partial charge in [0.05, 0.1) is 44.7 Å². The maximum absolute atomic E-state index is 14.6. The monoisotopic (exact) mass is 1560 g/mol. The molecule has 6 N–H and O–H groups in total. The summed E-state index contributed by atoms with van der Waals surface area (Å²) in [6, 6.07) is 22.6. The predicted molar refractivity (Wildman–Crippen MR) is 405 cm³/mol. The Morgan fingerprint density at radius 2 is 1.50 bits per heavy atom. The lowest BCUT2D eigenvalue weighted by Crippen LogP contribution is -2.66. The number of sulfone groups is 1. The number of nitrogens with one attached hydrogen (secondary N) is 5. The van der Waals surface area contributed by atoms with Gasteiger partial charge in [-0.3, -0.25) is 28.9 Å². The number of rotatable bonds is 31. The van der Waals surface area contributed by atoms with Crippen LogP contribution in [0.25, 0.3) is 10.4 Å². The molecule has 0 spiro atoms. The number of sulfonamides is 1. The van der Waals surface area contributed by atoms with Gasteiger partial charge in [-0.2, -0.15) is 13.2 Å². The smallest absolute Gasteiger partial charge is 0.391 e. The summed E-state index contributed by atoms with van der Waals surface area (Å²) in [6.07, 6.45) is 5.00. The van der Waals surface area contributed by atoms with E-state index in [1.54, 1.807) is 29.0 Å². The molecule has 29 heteroatoms. The number of aryl methyl sites for hydroxylation is 1. The van der Waals surface area contributed by atoms with Crippen molar-refractivity contribution >= 4 is 83.9 Å². The van der Waals surface area contributed by atoms with Crippen molar-refractivity contribution in [3.05, 3.63) is 131 Å². The van der Waals surface area contributed by atoms with Crippen LogP contribution in [0.2, 0.25) is 0 Å². The Balaban J connectivity index is 0.631. The summed E-state index contributed by atoms with van der Waals surface area (Å²) in [5, 5.41) is 22.7. The van der Waals surface area contributed by atoms with E-state index in [1.807, 2.05) is 93.9 Å². The molecule has 4 aromatic carbocycles. The van der Waals surface area contributed by atoms with E-state index in [9.17, 15) is 67.9 Å². The summed E-state index contributed by atoms with van der Waals surface area (Å²) >= 11 is 2.93. The molecule has 4 aliphatic carbocycles. The van der Waals surface area contributed by atoms with Crippen molar-refractivity contribution in [1.82, 2.24) is 40.4 Å². The van der Waals surface area contributed by atoms with E-state index >= 15 is 0 Å². The van der Waals surface area contributed by atoms with E-state index in [-0.39, 0.29) is 65.7 Å². The van der Waals surface area contributed by atoms with Gasteiger partial charge in [0, 0.05) is 105 Å². The van der Waals surface area contributed by atoms with Crippen molar-refractivity contribution in [2.45, 2.75) is 195 Å². The Morgan fingerprint density at radius 3 is 2.16 bits per heavy atom. The first-order valence-corrected chi connectivity index (χ1v) is 42.0.